The zero-order valence-corrected chi connectivity index (χ0v) is 16.3. The Kier molecular flexibility index (Phi) is 3.97. The lowest BCUT2D eigenvalue weighted by atomic mass is 9.49. The summed E-state index contributed by atoms with van der Waals surface area (Å²) < 4.78 is 0. The molecule has 0 unspecified atom stereocenters. The first-order chi connectivity index (χ1) is 13.0. The molecule has 4 aliphatic rings. The number of amides is 1. The van der Waals surface area contributed by atoms with Crippen LogP contribution in [0.2, 0.25) is 0 Å². The van der Waals surface area contributed by atoms with Gasteiger partial charge in [0, 0.05) is 12.5 Å². The van der Waals surface area contributed by atoms with Crippen LogP contribution in [0.5, 0.6) is 0 Å². The van der Waals surface area contributed by atoms with Gasteiger partial charge in [-0.05, 0) is 56.3 Å². The third-order valence-corrected chi connectivity index (χ3v) is 7.81. The van der Waals surface area contributed by atoms with E-state index in [1.165, 1.54) is 30.6 Å². The van der Waals surface area contributed by atoms with Gasteiger partial charge in [0.1, 0.15) is 0 Å². The van der Waals surface area contributed by atoms with Crippen molar-refractivity contribution in [3.8, 4) is 11.3 Å². The molecule has 4 bridgehead atoms. The largest absolute Gasteiger partial charge is 0.301 e. The molecule has 1 amide bonds. The Hall–Kier alpha value is -2.01. The molecule has 1 aromatic carbocycles. The quantitative estimate of drug-likeness (QED) is 0.745. The van der Waals surface area contributed by atoms with E-state index >= 15 is 0 Å². The second kappa shape index (κ2) is 6.26. The summed E-state index contributed by atoms with van der Waals surface area (Å²) in [5.74, 6) is 2.30. The van der Waals surface area contributed by atoms with Crippen LogP contribution >= 0.6 is 11.3 Å². The molecule has 4 nitrogen and oxygen atoms in total. The van der Waals surface area contributed by atoms with Crippen LogP contribution in [0.4, 0.5) is 5.13 Å². The number of rotatable bonds is 4. The molecule has 4 fully saturated rings. The number of carbonyl (C=O) groups excluding carboxylic acids is 2. The minimum atomic E-state index is -0.205. The van der Waals surface area contributed by atoms with Gasteiger partial charge in [0.15, 0.2) is 10.9 Å². The van der Waals surface area contributed by atoms with Crippen molar-refractivity contribution in [3.05, 3.63) is 35.2 Å². The molecule has 1 aromatic heterocycles. The molecule has 6 rings (SSSR count). The fourth-order valence-corrected chi connectivity index (χ4v) is 6.90. The Morgan fingerprint density at radius 3 is 2.19 bits per heavy atom. The van der Waals surface area contributed by atoms with Crippen LogP contribution in [-0.4, -0.2) is 16.7 Å². The standard InChI is InChI=1S/C22H24N2O2S/c1-13(25)19-18(17-5-3-2-4-6-17)23-21(27-19)24-20(26)22-10-14-7-15(11-22)9-16(8-14)12-22/h2-6,14-16H,7-12H2,1H3,(H,23,24,26). The Morgan fingerprint density at radius 2 is 1.63 bits per heavy atom. The van der Waals surface area contributed by atoms with Crippen molar-refractivity contribution in [2.75, 3.05) is 5.32 Å². The summed E-state index contributed by atoms with van der Waals surface area (Å²) in [6.07, 6.45) is 7.03. The maximum Gasteiger partial charge on any atom is 0.232 e. The van der Waals surface area contributed by atoms with Crippen molar-refractivity contribution in [2.45, 2.75) is 45.4 Å². The molecule has 1 N–H and O–H groups in total. The van der Waals surface area contributed by atoms with Crippen LogP contribution in [0.15, 0.2) is 30.3 Å². The van der Waals surface area contributed by atoms with Gasteiger partial charge in [-0.3, -0.25) is 9.59 Å². The molecule has 0 aliphatic heterocycles. The predicted molar refractivity (Wildman–Crippen MR) is 107 cm³/mol. The number of carbonyl (C=O) groups is 2. The fraction of sp³-hybridized carbons (Fsp3) is 0.500. The summed E-state index contributed by atoms with van der Waals surface area (Å²) in [6, 6.07) is 9.72. The molecule has 4 saturated carbocycles. The van der Waals surface area contributed by atoms with Gasteiger partial charge < -0.3 is 5.32 Å². The number of benzene rings is 1. The first-order valence-electron chi connectivity index (χ1n) is 9.91. The van der Waals surface area contributed by atoms with Crippen molar-refractivity contribution in [2.24, 2.45) is 23.2 Å². The van der Waals surface area contributed by atoms with Crippen LogP contribution in [0, 0.1) is 23.2 Å². The van der Waals surface area contributed by atoms with Gasteiger partial charge in [-0.25, -0.2) is 4.98 Å². The lowest BCUT2D eigenvalue weighted by molar-refractivity contribution is -0.140. The number of nitrogens with one attached hydrogen (secondary N) is 1. The maximum atomic E-state index is 13.3. The lowest BCUT2D eigenvalue weighted by Crippen LogP contribution is -2.51. The summed E-state index contributed by atoms with van der Waals surface area (Å²) >= 11 is 1.30. The van der Waals surface area contributed by atoms with E-state index in [9.17, 15) is 9.59 Å². The van der Waals surface area contributed by atoms with Crippen LogP contribution in [0.25, 0.3) is 11.3 Å². The van der Waals surface area contributed by atoms with Gasteiger partial charge in [0.25, 0.3) is 0 Å². The second-order valence-electron chi connectivity index (χ2n) is 8.77. The molecule has 0 atom stereocenters. The molecule has 0 radical (unpaired) electrons. The third kappa shape index (κ3) is 2.92. The minimum Gasteiger partial charge on any atom is -0.301 e. The number of anilines is 1. The number of thiazole rings is 1. The first-order valence-corrected chi connectivity index (χ1v) is 10.7. The van der Waals surface area contributed by atoms with Crippen molar-refractivity contribution in [1.82, 2.24) is 4.98 Å². The highest BCUT2D eigenvalue weighted by molar-refractivity contribution is 7.18. The van der Waals surface area contributed by atoms with E-state index in [-0.39, 0.29) is 17.1 Å². The Balaban J connectivity index is 1.43. The second-order valence-corrected chi connectivity index (χ2v) is 9.77. The molecule has 4 aliphatic carbocycles. The van der Waals surface area contributed by atoms with Crippen LogP contribution < -0.4 is 5.32 Å². The lowest BCUT2D eigenvalue weighted by Gasteiger charge is -2.55. The molecule has 1 heterocycles. The summed E-state index contributed by atoms with van der Waals surface area (Å²) in [5.41, 5.74) is 1.38. The number of hydrogen-bond acceptors (Lipinski definition) is 4. The predicted octanol–water partition coefficient (Wildman–Crippen LogP) is 5.17. The first kappa shape index (κ1) is 17.1. The maximum absolute atomic E-state index is 13.3. The van der Waals surface area contributed by atoms with Gasteiger partial charge in [-0.1, -0.05) is 41.7 Å². The SMILES string of the molecule is CC(=O)c1sc(NC(=O)C23CC4CC(CC(C4)C2)C3)nc1-c1ccccc1. The summed E-state index contributed by atoms with van der Waals surface area (Å²) in [7, 11) is 0. The molecular formula is C22H24N2O2S. The fourth-order valence-electron chi connectivity index (χ4n) is 6.02. The summed E-state index contributed by atoms with van der Waals surface area (Å²) in [6.45, 7) is 1.56. The van der Waals surface area contributed by atoms with Crippen LogP contribution in [-0.2, 0) is 4.79 Å². The van der Waals surface area contributed by atoms with Gasteiger partial charge in [-0.2, -0.15) is 0 Å². The van der Waals surface area contributed by atoms with Crippen LogP contribution in [0.1, 0.15) is 55.1 Å². The zero-order valence-electron chi connectivity index (χ0n) is 15.5. The summed E-state index contributed by atoms with van der Waals surface area (Å²) in [5, 5.41) is 3.66. The Bertz CT molecular complexity index is 867. The highest BCUT2D eigenvalue weighted by Crippen LogP contribution is 2.60. The molecule has 27 heavy (non-hydrogen) atoms. The molecule has 0 saturated heterocycles. The minimum absolute atomic E-state index is 0.0124. The normalized spacial score (nSPS) is 31.1. The van der Waals surface area contributed by atoms with E-state index < -0.39 is 0 Å². The number of hydrogen-bond donors (Lipinski definition) is 1. The number of nitrogens with zero attached hydrogens (tertiary/aromatic N) is 1. The van der Waals surface area contributed by atoms with Crippen LogP contribution in [0.3, 0.4) is 0 Å². The van der Waals surface area contributed by atoms with Gasteiger partial charge in [0.2, 0.25) is 5.91 Å². The smallest absolute Gasteiger partial charge is 0.232 e. The van der Waals surface area contributed by atoms with Gasteiger partial charge in [-0.15, -0.1) is 0 Å². The number of aromatic nitrogens is 1. The number of ketones is 1. The van der Waals surface area contributed by atoms with Crippen molar-refractivity contribution in [3.63, 3.8) is 0 Å². The molecule has 140 valence electrons. The highest BCUT2D eigenvalue weighted by Gasteiger charge is 2.54. The molecule has 0 spiro atoms. The molecule has 2 aromatic rings. The van der Waals surface area contributed by atoms with E-state index in [0.717, 1.165) is 42.6 Å². The van der Waals surface area contributed by atoms with E-state index in [1.807, 2.05) is 30.3 Å². The molecule has 5 heteroatoms. The Morgan fingerprint density at radius 1 is 1.04 bits per heavy atom. The topological polar surface area (TPSA) is 59.1 Å². The zero-order chi connectivity index (χ0) is 18.6. The van der Waals surface area contributed by atoms with Crippen molar-refractivity contribution < 1.29 is 9.59 Å². The van der Waals surface area contributed by atoms with Crippen molar-refractivity contribution in [1.29, 1.82) is 0 Å². The van der Waals surface area contributed by atoms with Gasteiger partial charge in [0.05, 0.1) is 16.0 Å². The van der Waals surface area contributed by atoms with E-state index in [0.29, 0.717) is 15.7 Å². The monoisotopic (exact) mass is 380 g/mol. The average Bonchev–Trinajstić information content (AvgIpc) is 3.05. The molecular weight excluding hydrogens is 356 g/mol. The van der Waals surface area contributed by atoms with Crippen molar-refractivity contribution >= 4 is 28.2 Å². The van der Waals surface area contributed by atoms with E-state index in [1.54, 1.807) is 6.92 Å². The third-order valence-electron chi connectivity index (χ3n) is 6.73. The highest BCUT2D eigenvalue weighted by atomic mass is 32.1. The number of Topliss-reactive ketones (excluding diaryl/α,β-unsaturated/α-hetero) is 1. The average molecular weight is 381 g/mol. The summed E-state index contributed by atoms with van der Waals surface area (Å²) in [4.78, 5) is 30.6. The Labute approximate surface area is 163 Å². The van der Waals surface area contributed by atoms with E-state index in [4.69, 9.17) is 0 Å². The van der Waals surface area contributed by atoms with Gasteiger partial charge >= 0.3 is 0 Å². The van der Waals surface area contributed by atoms with E-state index in [2.05, 4.69) is 10.3 Å².